The van der Waals surface area contributed by atoms with Gasteiger partial charge in [-0.25, -0.2) is 8.78 Å². The van der Waals surface area contributed by atoms with Crippen LogP contribution in [0, 0.1) is 0 Å². The first kappa shape index (κ1) is 12.6. The maximum Gasteiger partial charge on any atom is 0.257 e. The number of halogens is 3. The van der Waals surface area contributed by atoms with Gasteiger partial charge in [0.25, 0.3) is 6.43 Å². The zero-order valence-electron chi connectivity index (χ0n) is 8.42. The van der Waals surface area contributed by atoms with Gasteiger partial charge in [0.05, 0.1) is 11.1 Å². The Hall–Kier alpha value is -0.490. The van der Waals surface area contributed by atoms with Gasteiger partial charge >= 0.3 is 0 Å². The number of nitrogens with zero attached hydrogens (tertiary/aromatic N) is 2. The number of hydrogen-bond acceptors (Lipinski definition) is 2. The average Bonchev–Trinajstić information content (AvgIpc) is 2.46. The molecule has 0 radical (unpaired) electrons. The number of alkyl halides is 2. The summed E-state index contributed by atoms with van der Waals surface area (Å²) in [7, 11) is 0. The lowest BCUT2D eigenvalue weighted by molar-refractivity contribution is 0.112. The molecule has 1 aromatic rings. The van der Waals surface area contributed by atoms with E-state index in [1.807, 2.05) is 6.92 Å². The van der Waals surface area contributed by atoms with Crippen LogP contribution in [-0.4, -0.2) is 22.8 Å². The Kier molecular flexibility index (Phi) is 5.17. The van der Waals surface area contributed by atoms with Crippen molar-refractivity contribution in [1.29, 1.82) is 0 Å². The monoisotopic (exact) mass is 282 g/mol. The molecule has 0 aliphatic heterocycles. The molecule has 0 fully saturated rings. The summed E-state index contributed by atoms with van der Waals surface area (Å²) in [5.74, 6) is 0. The van der Waals surface area contributed by atoms with Crippen molar-refractivity contribution < 1.29 is 13.5 Å². The first-order chi connectivity index (χ1) is 7.13. The Morgan fingerprint density at radius 3 is 2.93 bits per heavy atom. The molecule has 1 aromatic heterocycles. The summed E-state index contributed by atoms with van der Waals surface area (Å²) in [4.78, 5) is 0. The maximum absolute atomic E-state index is 12.1. The van der Waals surface area contributed by atoms with Gasteiger partial charge < -0.3 is 4.74 Å². The minimum atomic E-state index is -2.39. The van der Waals surface area contributed by atoms with Gasteiger partial charge in [0.2, 0.25) is 0 Å². The number of hydrogen-bond donors (Lipinski definition) is 0. The molecule has 1 heterocycles. The first-order valence-electron chi connectivity index (χ1n) is 4.71. The topological polar surface area (TPSA) is 27.1 Å². The average molecular weight is 283 g/mol. The third-order valence-electron chi connectivity index (χ3n) is 1.70. The highest BCUT2D eigenvalue weighted by Crippen LogP contribution is 2.16. The van der Waals surface area contributed by atoms with Crippen molar-refractivity contribution in [2.24, 2.45) is 0 Å². The van der Waals surface area contributed by atoms with E-state index in [2.05, 4.69) is 21.0 Å². The molecule has 0 bridgehead atoms. The number of rotatable bonds is 6. The fourth-order valence-corrected chi connectivity index (χ4v) is 1.51. The van der Waals surface area contributed by atoms with Gasteiger partial charge in [0, 0.05) is 12.8 Å². The van der Waals surface area contributed by atoms with Crippen LogP contribution < -0.4 is 0 Å². The SMILES string of the molecule is CCCOCc1nn(CC(F)F)cc1Br. The fourth-order valence-electron chi connectivity index (χ4n) is 1.08. The maximum atomic E-state index is 12.1. The van der Waals surface area contributed by atoms with E-state index in [1.54, 1.807) is 0 Å². The van der Waals surface area contributed by atoms with Crippen LogP contribution >= 0.6 is 15.9 Å². The zero-order valence-corrected chi connectivity index (χ0v) is 10.0. The third-order valence-corrected chi connectivity index (χ3v) is 2.36. The van der Waals surface area contributed by atoms with Crippen LogP contribution in [0.4, 0.5) is 8.78 Å². The highest BCUT2D eigenvalue weighted by Gasteiger charge is 2.10. The molecule has 0 aliphatic carbocycles. The molecule has 0 unspecified atom stereocenters. The van der Waals surface area contributed by atoms with E-state index < -0.39 is 6.43 Å². The molecule has 0 amide bonds. The van der Waals surface area contributed by atoms with Gasteiger partial charge in [-0.05, 0) is 22.4 Å². The van der Waals surface area contributed by atoms with E-state index in [4.69, 9.17) is 4.74 Å². The molecule has 0 N–H and O–H groups in total. The summed E-state index contributed by atoms with van der Waals surface area (Å²) in [5.41, 5.74) is 0.657. The van der Waals surface area contributed by atoms with Crippen LogP contribution in [0.25, 0.3) is 0 Å². The van der Waals surface area contributed by atoms with Crippen LogP contribution in [0.15, 0.2) is 10.7 Å². The van der Waals surface area contributed by atoms with Crippen molar-refractivity contribution in [3.8, 4) is 0 Å². The van der Waals surface area contributed by atoms with Gasteiger partial charge in [0.1, 0.15) is 12.2 Å². The van der Waals surface area contributed by atoms with Crippen molar-refractivity contribution in [3.63, 3.8) is 0 Å². The third kappa shape index (κ3) is 4.25. The highest BCUT2D eigenvalue weighted by molar-refractivity contribution is 9.10. The van der Waals surface area contributed by atoms with Crippen molar-refractivity contribution in [2.45, 2.75) is 32.9 Å². The summed E-state index contributed by atoms with van der Waals surface area (Å²) in [6.45, 7) is 2.62. The summed E-state index contributed by atoms with van der Waals surface area (Å²) >= 11 is 3.25. The largest absolute Gasteiger partial charge is 0.375 e. The molecule has 0 atom stereocenters. The van der Waals surface area contributed by atoms with Gasteiger partial charge in [-0.15, -0.1) is 0 Å². The van der Waals surface area contributed by atoms with Crippen LogP contribution in [0.5, 0.6) is 0 Å². The quantitative estimate of drug-likeness (QED) is 0.751. The number of aromatic nitrogens is 2. The minimum Gasteiger partial charge on any atom is -0.375 e. The van der Waals surface area contributed by atoms with Crippen LogP contribution in [0.2, 0.25) is 0 Å². The molecule has 0 saturated heterocycles. The lowest BCUT2D eigenvalue weighted by atomic mass is 10.4. The van der Waals surface area contributed by atoms with E-state index in [1.165, 1.54) is 10.9 Å². The highest BCUT2D eigenvalue weighted by atomic mass is 79.9. The molecule has 1 rings (SSSR count). The molecular formula is C9H13BrF2N2O. The van der Waals surface area contributed by atoms with E-state index in [9.17, 15) is 8.78 Å². The predicted octanol–water partition coefficient (Wildman–Crippen LogP) is 2.84. The van der Waals surface area contributed by atoms with Gasteiger partial charge in [-0.3, -0.25) is 4.68 Å². The molecule has 15 heavy (non-hydrogen) atoms. The summed E-state index contributed by atoms with van der Waals surface area (Å²) in [6.07, 6.45) is 0.0767. The second-order valence-corrected chi connectivity index (χ2v) is 3.94. The summed E-state index contributed by atoms with van der Waals surface area (Å²) in [5, 5.41) is 3.99. The van der Waals surface area contributed by atoms with Crippen molar-refractivity contribution >= 4 is 15.9 Å². The molecular weight excluding hydrogens is 270 g/mol. The number of ether oxygens (including phenoxy) is 1. The second kappa shape index (κ2) is 6.17. The second-order valence-electron chi connectivity index (χ2n) is 3.09. The molecule has 0 aliphatic rings. The normalized spacial score (nSPS) is 11.3. The van der Waals surface area contributed by atoms with Gasteiger partial charge in [0.15, 0.2) is 0 Å². The van der Waals surface area contributed by atoms with Crippen molar-refractivity contribution in [1.82, 2.24) is 9.78 Å². The minimum absolute atomic E-state index is 0.352. The van der Waals surface area contributed by atoms with Crippen molar-refractivity contribution in [3.05, 3.63) is 16.4 Å². The molecule has 86 valence electrons. The van der Waals surface area contributed by atoms with Crippen LogP contribution in [0.3, 0.4) is 0 Å². The van der Waals surface area contributed by atoms with Crippen LogP contribution in [-0.2, 0) is 17.9 Å². The summed E-state index contributed by atoms with van der Waals surface area (Å²) in [6, 6.07) is 0. The standard InChI is InChI=1S/C9H13BrF2N2O/c1-2-3-15-6-8-7(10)4-14(13-8)5-9(11)12/h4,9H,2-3,5-6H2,1H3. The van der Waals surface area contributed by atoms with Gasteiger partial charge in [-0.2, -0.15) is 5.10 Å². The Morgan fingerprint density at radius 1 is 1.60 bits per heavy atom. The van der Waals surface area contributed by atoms with Crippen molar-refractivity contribution in [2.75, 3.05) is 6.61 Å². The van der Waals surface area contributed by atoms with E-state index >= 15 is 0 Å². The molecule has 0 aromatic carbocycles. The van der Waals surface area contributed by atoms with E-state index in [0.717, 1.165) is 6.42 Å². The molecule has 3 nitrogen and oxygen atoms in total. The lowest BCUT2D eigenvalue weighted by Gasteiger charge is -2.00. The van der Waals surface area contributed by atoms with Crippen LogP contribution in [0.1, 0.15) is 19.0 Å². The Labute approximate surface area is 95.5 Å². The molecule has 6 heteroatoms. The van der Waals surface area contributed by atoms with E-state index in [0.29, 0.717) is 23.4 Å². The predicted molar refractivity (Wildman–Crippen MR) is 55.9 cm³/mol. The Bertz CT molecular complexity index is 304. The Balaban J connectivity index is 2.53. The Morgan fingerprint density at radius 2 is 2.33 bits per heavy atom. The fraction of sp³-hybridized carbons (Fsp3) is 0.667. The molecule has 0 spiro atoms. The van der Waals surface area contributed by atoms with E-state index in [-0.39, 0.29) is 6.54 Å². The first-order valence-corrected chi connectivity index (χ1v) is 5.50. The lowest BCUT2D eigenvalue weighted by Crippen LogP contribution is -2.07. The smallest absolute Gasteiger partial charge is 0.257 e. The zero-order chi connectivity index (χ0) is 11.3. The van der Waals surface area contributed by atoms with Gasteiger partial charge in [-0.1, -0.05) is 6.92 Å². The molecule has 0 saturated carbocycles. The summed E-state index contributed by atoms with van der Waals surface area (Å²) < 4.78 is 31.3.